The van der Waals surface area contributed by atoms with Gasteiger partial charge in [-0.2, -0.15) is 0 Å². The Labute approximate surface area is 141 Å². The summed E-state index contributed by atoms with van der Waals surface area (Å²) >= 11 is 1.77. The van der Waals surface area contributed by atoms with Crippen molar-refractivity contribution in [2.24, 2.45) is 5.14 Å². The topological polar surface area (TPSA) is 80.4 Å². The van der Waals surface area contributed by atoms with E-state index in [-0.39, 0.29) is 26.0 Å². The Morgan fingerprint density at radius 2 is 1.73 bits per heavy atom. The molecular formula is C15H17NO3S2Se. The molecule has 2 aromatic rings. The quantitative estimate of drug-likeness (QED) is 0.539. The molecule has 0 spiro atoms. The molecule has 0 heterocycles. The predicted octanol–water partition coefficient (Wildman–Crippen LogP) is 1.23. The minimum absolute atomic E-state index is 0.102. The predicted molar refractivity (Wildman–Crippen MR) is 91.2 cm³/mol. The number of thioether (sulfide) groups is 1. The average Bonchev–Trinajstić information content (AvgIpc) is 2.51. The number of primary sulfonamides is 1. The van der Waals surface area contributed by atoms with Gasteiger partial charge >= 0.3 is 141 Å². The molecule has 4 nitrogen and oxygen atoms in total. The normalized spacial score (nSPS) is 13.0. The van der Waals surface area contributed by atoms with E-state index >= 15 is 0 Å². The summed E-state index contributed by atoms with van der Waals surface area (Å²) in [5.41, 5.74) is 0. The van der Waals surface area contributed by atoms with Crippen LogP contribution in [0.1, 0.15) is 0 Å². The number of hydrogen-bond donors (Lipinski definition) is 2. The maximum absolute atomic E-state index is 11.2. The summed E-state index contributed by atoms with van der Waals surface area (Å²) in [6.07, 6.45) is -0.372. The molecule has 0 bridgehead atoms. The van der Waals surface area contributed by atoms with Gasteiger partial charge in [0, 0.05) is 0 Å². The zero-order valence-corrected chi connectivity index (χ0v) is 15.1. The monoisotopic (exact) mass is 403 g/mol. The van der Waals surface area contributed by atoms with Gasteiger partial charge in [0.05, 0.1) is 0 Å². The molecule has 0 aliphatic carbocycles. The van der Waals surface area contributed by atoms with Crippen molar-refractivity contribution in [1.82, 2.24) is 0 Å². The van der Waals surface area contributed by atoms with Crippen molar-refractivity contribution in [3.63, 3.8) is 0 Å². The molecule has 0 saturated carbocycles. The fourth-order valence-electron chi connectivity index (χ4n) is 1.68. The van der Waals surface area contributed by atoms with Crippen LogP contribution in [0.3, 0.4) is 0 Å². The van der Waals surface area contributed by atoms with Crippen LogP contribution >= 0.6 is 11.8 Å². The van der Waals surface area contributed by atoms with Crippen LogP contribution in [0.2, 0.25) is 5.32 Å². The van der Waals surface area contributed by atoms with E-state index in [0.717, 1.165) is 10.2 Å². The van der Waals surface area contributed by atoms with Gasteiger partial charge in [0.15, 0.2) is 0 Å². The van der Waals surface area contributed by atoms with Crippen molar-refractivity contribution in [2.75, 3.05) is 5.75 Å². The molecule has 0 aliphatic heterocycles. The molecule has 1 unspecified atom stereocenters. The van der Waals surface area contributed by atoms with Crippen LogP contribution in [-0.2, 0) is 10.0 Å². The molecule has 22 heavy (non-hydrogen) atoms. The molecular weight excluding hydrogens is 385 g/mol. The van der Waals surface area contributed by atoms with Gasteiger partial charge in [0.2, 0.25) is 0 Å². The van der Waals surface area contributed by atoms with Gasteiger partial charge in [-0.15, -0.1) is 0 Å². The molecule has 118 valence electrons. The summed E-state index contributed by atoms with van der Waals surface area (Å²) in [4.78, 5) is 1.02. The van der Waals surface area contributed by atoms with Gasteiger partial charge in [-0.3, -0.25) is 0 Å². The SMILES string of the molecule is NS(=O)(=O)c1ccc(SCC(O)C[Se]c2ccccc2)cc1. The zero-order valence-electron chi connectivity index (χ0n) is 11.8. The van der Waals surface area contributed by atoms with E-state index < -0.39 is 10.0 Å². The van der Waals surface area contributed by atoms with Crippen LogP contribution in [0.25, 0.3) is 0 Å². The third-order valence-electron chi connectivity index (χ3n) is 2.78. The fourth-order valence-corrected chi connectivity index (χ4v) is 5.15. The standard InChI is InChI=1S/C15H17NO3S2Se/c16-21(18,19)14-8-6-13(7-9-14)20-10-12(17)11-22-15-4-2-1-3-5-15/h1-9,12,17H,10-11H2,(H2,16,18,19). The number of rotatable bonds is 7. The van der Waals surface area contributed by atoms with Gasteiger partial charge in [-0.05, 0) is 0 Å². The van der Waals surface area contributed by atoms with E-state index in [9.17, 15) is 13.5 Å². The van der Waals surface area contributed by atoms with Gasteiger partial charge in [-0.25, -0.2) is 0 Å². The van der Waals surface area contributed by atoms with Crippen LogP contribution in [-0.4, -0.2) is 40.3 Å². The second-order valence-corrected chi connectivity index (χ2v) is 9.55. The van der Waals surface area contributed by atoms with Gasteiger partial charge in [0.25, 0.3) is 0 Å². The Hall–Kier alpha value is -0.821. The molecule has 0 saturated heterocycles. The van der Waals surface area contributed by atoms with E-state index in [2.05, 4.69) is 12.1 Å². The zero-order chi connectivity index (χ0) is 16.0. The Bertz CT molecular complexity index is 690. The Balaban J connectivity index is 1.80. The third kappa shape index (κ3) is 5.76. The third-order valence-corrected chi connectivity index (χ3v) is 7.29. The first-order valence-corrected chi connectivity index (χ1v) is 11.2. The first kappa shape index (κ1) is 17.5. The number of sulfonamides is 1. The first-order chi connectivity index (χ1) is 10.4. The summed E-state index contributed by atoms with van der Waals surface area (Å²) < 4.78 is 23.6. The van der Waals surface area contributed by atoms with E-state index in [1.165, 1.54) is 28.4 Å². The molecule has 2 aromatic carbocycles. The summed E-state index contributed by atoms with van der Waals surface area (Å²) in [7, 11) is -3.65. The van der Waals surface area contributed by atoms with E-state index in [1.807, 2.05) is 18.2 Å². The van der Waals surface area contributed by atoms with Crippen LogP contribution in [0.5, 0.6) is 0 Å². The number of aliphatic hydroxyl groups excluding tert-OH is 1. The average molecular weight is 402 g/mol. The summed E-state index contributed by atoms with van der Waals surface area (Å²) in [6.45, 7) is 0. The van der Waals surface area contributed by atoms with Gasteiger partial charge in [-0.1, -0.05) is 0 Å². The van der Waals surface area contributed by atoms with Crippen LogP contribution in [0.15, 0.2) is 64.4 Å². The van der Waals surface area contributed by atoms with Crippen LogP contribution < -0.4 is 9.60 Å². The summed E-state index contributed by atoms with van der Waals surface area (Å²) in [5, 5.41) is 15.8. The van der Waals surface area contributed by atoms with Crippen LogP contribution in [0, 0.1) is 0 Å². The van der Waals surface area contributed by atoms with Crippen molar-refractivity contribution in [3.8, 4) is 0 Å². The Kier molecular flexibility index (Phi) is 6.49. The molecule has 1 atom stereocenters. The molecule has 0 aromatic heterocycles. The van der Waals surface area contributed by atoms with Crippen LogP contribution in [0.4, 0.5) is 0 Å². The van der Waals surface area contributed by atoms with Crippen molar-refractivity contribution >= 4 is 41.2 Å². The molecule has 3 N–H and O–H groups in total. The first-order valence-electron chi connectivity index (χ1n) is 6.57. The van der Waals surface area contributed by atoms with E-state index in [4.69, 9.17) is 5.14 Å². The molecule has 0 aliphatic rings. The number of nitrogens with two attached hydrogens (primary N) is 1. The minimum atomic E-state index is -3.65. The van der Waals surface area contributed by atoms with Crippen molar-refractivity contribution < 1.29 is 13.5 Å². The molecule has 2 rings (SSSR count). The molecule has 0 amide bonds. The Morgan fingerprint density at radius 3 is 2.32 bits per heavy atom. The van der Waals surface area contributed by atoms with Crippen molar-refractivity contribution in [2.45, 2.75) is 21.2 Å². The molecule has 0 fully saturated rings. The van der Waals surface area contributed by atoms with E-state index in [1.54, 1.807) is 12.1 Å². The Morgan fingerprint density at radius 1 is 1.09 bits per heavy atom. The van der Waals surface area contributed by atoms with Crippen molar-refractivity contribution in [1.29, 1.82) is 0 Å². The second kappa shape index (κ2) is 8.15. The van der Waals surface area contributed by atoms with Crippen molar-refractivity contribution in [3.05, 3.63) is 54.6 Å². The summed E-state index contributed by atoms with van der Waals surface area (Å²) in [6, 6.07) is 16.5. The number of aliphatic hydroxyl groups is 1. The number of hydrogen-bond acceptors (Lipinski definition) is 4. The summed E-state index contributed by atoms with van der Waals surface area (Å²) in [5.74, 6) is 0.587. The maximum atomic E-state index is 11.2. The van der Waals surface area contributed by atoms with Gasteiger partial charge < -0.3 is 0 Å². The number of benzene rings is 2. The van der Waals surface area contributed by atoms with Gasteiger partial charge in [0.1, 0.15) is 0 Å². The molecule has 7 heteroatoms. The van der Waals surface area contributed by atoms with E-state index in [0.29, 0.717) is 5.75 Å². The molecule has 0 radical (unpaired) electrons. The fraction of sp³-hybridized carbons (Fsp3) is 0.200. The second-order valence-electron chi connectivity index (χ2n) is 4.61.